The van der Waals surface area contributed by atoms with E-state index in [1.807, 2.05) is 12.1 Å². The molecule has 82 valence electrons. The zero-order valence-corrected chi connectivity index (χ0v) is 9.76. The van der Waals surface area contributed by atoms with Crippen LogP contribution in [0.3, 0.4) is 0 Å². The summed E-state index contributed by atoms with van der Waals surface area (Å²) in [5, 5.41) is 13.4. The number of aromatic hydroxyl groups is 1. The minimum absolute atomic E-state index is 0.213. The van der Waals surface area contributed by atoms with Gasteiger partial charge in [0.25, 0.3) is 0 Å². The molecule has 2 aromatic carbocycles. The minimum Gasteiger partial charge on any atom is -0.508 e. The number of phenols is 1. The highest BCUT2D eigenvalue weighted by Crippen LogP contribution is 2.27. The monoisotopic (exact) mass is 253 g/mol. The molecule has 0 amide bonds. The number of benzene rings is 2. The third-order valence-corrected chi connectivity index (χ3v) is 2.79. The van der Waals surface area contributed by atoms with E-state index in [9.17, 15) is 5.11 Å². The van der Waals surface area contributed by atoms with Gasteiger partial charge in [-0.2, -0.15) is 0 Å². The highest BCUT2D eigenvalue weighted by atomic mass is 35.5. The molecule has 0 fully saturated rings. The average molecular weight is 254 g/mol. The normalized spacial score (nSPS) is 10.1. The van der Waals surface area contributed by atoms with E-state index in [1.54, 1.807) is 30.3 Å². The Balaban J connectivity index is 2.24. The van der Waals surface area contributed by atoms with Crippen LogP contribution in [0.1, 0.15) is 0 Å². The molecule has 16 heavy (non-hydrogen) atoms. The van der Waals surface area contributed by atoms with Crippen LogP contribution in [0.4, 0.5) is 11.4 Å². The minimum atomic E-state index is 0.213. The maximum atomic E-state index is 9.30. The summed E-state index contributed by atoms with van der Waals surface area (Å²) in [5.41, 5.74) is 1.61. The second kappa shape index (κ2) is 4.64. The first kappa shape index (κ1) is 11.1. The molecular weight excluding hydrogens is 245 g/mol. The Morgan fingerprint density at radius 1 is 0.875 bits per heavy atom. The van der Waals surface area contributed by atoms with Crippen molar-refractivity contribution in [2.45, 2.75) is 0 Å². The fourth-order valence-electron chi connectivity index (χ4n) is 1.32. The molecule has 0 aromatic heterocycles. The van der Waals surface area contributed by atoms with Gasteiger partial charge >= 0.3 is 0 Å². The Hall–Kier alpha value is -1.38. The first-order valence-electron chi connectivity index (χ1n) is 4.66. The summed E-state index contributed by atoms with van der Waals surface area (Å²) in [6.07, 6.45) is 0. The summed E-state index contributed by atoms with van der Waals surface area (Å²) in [7, 11) is 0. The highest BCUT2D eigenvalue weighted by molar-refractivity contribution is 6.42. The first-order valence-corrected chi connectivity index (χ1v) is 5.42. The van der Waals surface area contributed by atoms with Gasteiger partial charge in [-0.25, -0.2) is 0 Å². The fraction of sp³-hybridized carbons (Fsp3) is 0. The van der Waals surface area contributed by atoms with Crippen molar-refractivity contribution in [3.8, 4) is 5.75 Å². The Bertz CT molecular complexity index is 514. The van der Waals surface area contributed by atoms with Crippen LogP contribution in [0.15, 0.2) is 42.5 Å². The third-order valence-electron chi connectivity index (χ3n) is 2.05. The van der Waals surface area contributed by atoms with Crippen LogP contribution in [0.25, 0.3) is 0 Å². The van der Waals surface area contributed by atoms with Crippen LogP contribution >= 0.6 is 23.2 Å². The molecule has 0 unspecified atom stereocenters. The number of hydrogen-bond donors (Lipinski definition) is 2. The summed E-state index contributed by atoms with van der Waals surface area (Å²) in [4.78, 5) is 0. The number of halogens is 2. The fourth-order valence-corrected chi connectivity index (χ4v) is 1.62. The Labute approximate surface area is 103 Å². The lowest BCUT2D eigenvalue weighted by atomic mass is 10.2. The van der Waals surface area contributed by atoms with Crippen LogP contribution < -0.4 is 5.32 Å². The van der Waals surface area contributed by atoms with Crippen molar-refractivity contribution in [1.82, 2.24) is 0 Å². The van der Waals surface area contributed by atoms with Crippen LogP contribution in [-0.2, 0) is 0 Å². The Kier molecular flexibility index (Phi) is 3.22. The van der Waals surface area contributed by atoms with E-state index < -0.39 is 0 Å². The van der Waals surface area contributed by atoms with Crippen molar-refractivity contribution in [2.24, 2.45) is 0 Å². The van der Waals surface area contributed by atoms with E-state index in [-0.39, 0.29) is 5.75 Å². The van der Waals surface area contributed by atoms with Crippen molar-refractivity contribution in [3.63, 3.8) is 0 Å². The predicted molar refractivity (Wildman–Crippen MR) is 67.9 cm³/mol. The summed E-state index contributed by atoms with van der Waals surface area (Å²) >= 11 is 11.7. The van der Waals surface area contributed by atoms with Gasteiger partial charge in [0.15, 0.2) is 0 Å². The van der Waals surface area contributed by atoms with E-state index >= 15 is 0 Å². The van der Waals surface area contributed by atoms with Gasteiger partial charge < -0.3 is 10.4 Å². The van der Waals surface area contributed by atoms with Crippen molar-refractivity contribution in [1.29, 1.82) is 0 Å². The van der Waals surface area contributed by atoms with Crippen molar-refractivity contribution < 1.29 is 5.11 Å². The lowest BCUT2D eigenvalue weighted by Gasteiger charge is -2.07. The third kappa shape index (κ3) is 2.60. The van der Waals surface area contributed by atoms with E-state index in [0.29, 0.717) is 10.0 Å². The molecule has 0 bridgehead atoms. The maximum absolute atomic E-state index is 9.30. The molecular formula is C12H9Cl2NO. The smallest absolute Gasteiger partial charge is 0.117 e. The molecule has 2 nitrogen and oxygen atoms in total. The molecule has 0 spiro atoms. The van der Waals surface area contributed by atoms with Crippen LogP contribution in [0, 0.1) is 0 Å². The zero-order valence-electron chi connectivity index (χ0n) is 8.24. The maximum Gasteiger partial charge on any atom is 0.117 e. The zero-order chi connectivity index (χ0) is 11.5. The van der Waals surface area contributed by atoms with E-state index in [1.165, 1.54) is 0 Å². The summed E-state index contributed by atoms with van der Waals surface area (Å²) in [6, 6.07) is 12.1. The van der Waals surface area contributed by atoms with Gasteiger partial charge in [-0.1, -0.05) is 29.3 Å². The van der Waals surface area contributed by atoms with Gasteiger partial charge in [0.1, 0.15) is 5.75 Å². The molecule has 0 saturated carbocycles. The molecule has 0 heterocycles. The summed E-state index contributed by atoms with van der Waals surface area (Å²) < 4.78 is 0. The SMILES string of the molecule is Oc1cccc(Nc2ccc(Cl)c(Cl)c2)c1. The molecule has 2 rings (SSSR count). The second-order valence-electron chi connectivity index (χ2n) is 3.30. The Morgan fingerprint density at radius 3 is 2.31 bits per heavy atom. The van der Waals surface area contributed by atoms with Gasteiger partial charge in [0.2, 0.25) is 0 Å². The lowest BCUT2D eigenvalue weighted by molar-refractivity contribution is 0.475. The van der Waals surface area contributed by atoms with E-state index in [0.717, 1.165) is 11.4 Å². The van der Waals surface area contributed by atoms with Crippen LogP contribution in [-0.4, -0.2) is 5.11 Å². The molecule has 0 aliphatic carbocycles. The average Bonchev–Trinajstić information content (AvgIpc) is 2.24. The molecule has 2 N–H and O–H groups in total. The topological polar surface area (TPSA) is 32.3 Å². The highest BCUT2D eigenvalue weighted by Gasteiger charge is 2.00. The van der Waals surface area contributed by atoms with Gasteiger partial charge in [-0.05, 0) is 30.3 Å². The van der Waals surface area contributed by atoms with Gasteiger partial charge in [-0.15, -0.1) is 0 Å². The van der Waals surface area contributed by atoms with E-state index in [4.69, 9.17) is 23.2 Å². The molecule has 4 heteroatoms. The van der Waals surface area contributed by atoms with E-state index in [2.05, 4.69) is 5.32 Å². The summed E-state index contributed by atoms with van der Waals surface area (Å²) in [6.45, 7) is 0. The van der Waals surface area contributed by atoms with Crippen molar-refractivity contribution in [3.05, 3.63) is 52.5 Å². The van der Waals surface area contributed by atoms with Crippen molar-refractivity contribution >= 4 is 34.6 Å². The number of anilines is 2. The second-order valence-corrected chi connectivity index (χ2v) is 4.12. The standard InChI is InChI=1S/C12H9Cl2NO/c13-11-5-4-9(7-12(11)14)15-8-2-1-3-10(16)6-8/h1-7,15-16H. The summed E-state index contributed by atoms with van der Waals surface area (Å²) in [5.74, 6) is 0.213. The lowest BCUT2D eigenvalue weighted by Crippen LogP contribution is -1.89. The van der Waals surface area contributed by atoms with Crippen molar-refractivity contribution in [2.75, 3.05) is 5.32 Å². The molecule has 2 aromatic rings. The van der Waals surface area contributed by atoms with Gasteiger partial charge in [0, 0.05) is 17.4 Å². The Morgan fingerprint density at radius 2 is 1.62 bits per heavy atom. The first-order chi connectivity index (χ1) is 7.65. The number of rotatable bonds is 2. The molecule has 0 aliphatic heterocycles. The number of hydrogen-bond acceptors (Lipinski definition) is 2. The molecule has 0 saturated heterocycles. The number of nitrogens with one attached hydrogen (secondary N) is 1. The van der Waals surface area contributed by atoms with Crippen LogP contribution in [0.2, 0.25) is 10.0 Å². The van der Waals surface area contributed by atoms with Crippen LogP contribution in [0.5, 0.6) is 5.75 Å². The number of phenolic OH excluding ortho intramolecular Hbond substituents is 1. The van der Waals surface area contributed by atoms with Gasteiger partial charge in [0.05, 0.1) is 10.0 Å². The molecule has 0 radical (unpaired) electrons. The predicted octanol–water partition coefficient (Wildman–Crippen LogP) is 4.44. The molecule has 0 atom stereocenters. The largest absolute Gasteiger partial charge is 0.508 e. The molecule has 0 aliphatic rings. The quantitative estimate of drug-likeness (QED) is 0.830. The van der Waals surface area contributed by atoms with Gasteiger partial charge in [-0.3, -0.25) is 0 Å².